The van der Waals surface area contributed by atoms with Crippen molar-refractivity contribution in [1.29, 1.82) is 0 Å². The van der Waals surface area contributed by atoms with Crippen molar-refractivity contribution in [2.75, 3.05) is 0 Å². The summed E-state index contributed by atoms with van der Waals surface area (Å²) in [5.41, 5.74) is 3.55. The van der Waals surface area contributed by atoms with E-state index in [9.17, 15) is 4.79 Å². The third kappa shape index (κ3) is 4.23. The normalized spacial score (nSPS) is 11.0. The zero-order chi connectivity index (χ0) is 17.8. The molecule has 0 fully saturated rings. The topological polar surface area (TPSA) is 54.6 Å². The Hall–Kier alpha value is -2.27. The van der Waals surface area contributed by atoms with Crippen LogP contribution in [0.3, 0.4) is 0 Å². The quantitative estimate of drug-likeness (QED) is 0.458. The minimum atomic E-state index is -0.349. The Morgan fingerprint density at radius 1 is 1.00 bits per heavy atom. The van der Waals surface area contributed by atoms with Crippen LogP contribution in [0.2, 0.25) is 15.1 Å². The maximum Gasteiger partial charge on any atom is 0.271 e. The number of halogens is 3. The third-order valence-electron chi connectivity index (χ3n) is 3.31. The zero-order valence-electron chi connectivity index (χ0n) is 12.7. The Morgan fingerprint density at radius 3 is 2.52 bits per heavy atom. The van der Waals surface area contributed by atoms with Gasteiger partial charge in [-0.3, -0.25) is 4.79 Å². The molecule has 2 aromatic carbocycles. The summed E-state index contributed by atoms with van der Waals surface area (Å²) in [6.45, 7) is 0. The maximum atomic E-state index is 11.9. The SMILES string of the molecule is O=C(N/N=C\c1ccc(-c2cccc(Cl)c2Cl)o1)c1ccc(Cl)cc1. The van der Waals surface area contributed by atoms with Crippen LogP contribution >= 0.6 is 34.8 Å². The van der Waals surface area contributed by atoms with Crippen LogP contribution in [0.1, 0.15) is 16.1 Å². The molecular formula is C18H11Cl3N2O2. The van der Waals surface area contributed by atoms with Gasteiger partial charge in [-0.1, -0.05) is 40.9 Å². The molecule has 7 heteroatoms. The maximum absolute atomic E-state index is 11.9. The van der Waals surface area contributed by atoms with Gasteiger partial charge in [0.05, 0.1) is 16.3 Å². The van der Waals surface area contributed by atoms with Gasteiger partial charge in [-0.05, 0) is 48.5 Å². The van der Waals surface area contributed by atoms with Crippen molar-refractivity contribution in [1.82, 2.24) is 5.43 Å². The number of nitrogens with zero attached hydrogens (tertiary/aromatic N) is 1. The van der Waals surface area contributed by atoms with E-state index >= 15 is 0 Å². The fourth-order valence-electron chi connectivity index (χ4n) is 2.08. The van der Waals surface area contributed by atoms with Gasteiger partial charge in [-0.2, -0.15) is 5.10 Å². The van der Waals surface area contributed by atoms with Crippen molar-refractivity contribution in [2.24, 2.45) is 5.10 Å². The lowest BCUT2D eigenvalue weighted by Crippen LogP contribution is -2.17. The van der Waals surface area contributed by atoms with Crippen molar-refractivity contribution < 1.29 is 9.21 Å². The minimum absolute atomic E-state index is 0.349. The predicted octanol–water partition coefficient (Wildman–Crippen LogP) is 5.67. The van der Waals surface area contributed by atoms with Crippen molar-refractivity contribution in [3.8, 4) is 11.3 Å². The first-order valence-electron chi connectivity index (χ1n) is 7.18. The average molecular weight is 394 g/mol. The molecule has 25 heavy (non-hydrogen) atoms. The number of nitrogens with one attached hydrogen (secondary N) is 1. The molecule has 0 aliphatic rings. The Morgan fingerprint density at radius 2 is 1.76 bits per heavy atom. The summed E-state index contributed by atoms with van der Waals surface area (Å²) in [7, 11) is 0. The lowest BCUT2D eigenvalue weighted by Gasteiger charge is -2.02. The van der Waals surface area contributed by atoms with E-state index in [2.05, 4.69) is 10.5 Å². The lowest BCUT2D eigenvalue weighted by molar-refractivity contribution is 0.0955. The van der Waals surface area contributed by atoms with Gasteiger partial charge in [0.25, 0.3) is 5.91 Å². The highest BCUT2D eigenvalue weighted by Crippen LogP contribution is 2.34. The van der Waals surface area contributed by atoms with E-state index < -0.39 is 0 Å². The standard InChI is InChI=1S/C18H11Cl3N2O2/c19-12-6-4-11(5-7-12)18(24)23-22-10-13-8-9-16(25-13)14-2-1-3-15(20)17(14)21/h1-10H,(H,23,24)/b22-10-. The molecule has 1 heterocycles. The number of hydrogen-bond acceptors (Lipinski definition) is 3. The van der Waals surface area contributed by atoms with Gasteiger partial charge in [0.2, 0.25) is 0 Å². The Bertz CT molecular complexity index is 934. The fraction of sp³-hybridized carbons (Fsp3) is 0. The van der Waals surface area contributed by atoms with Crippen molar-refractivity contribution >= 4 is 46.9 Å². The van der Waals surface area contributed by atoms with Gasteiger partial charge in [0.15, 0.2) is 0 Å². The molecule has 1 amide bonds. The second kappa shape index (κ2) is 7.74. The van der Waals surface area contributed by atoms with E-state index in [1.807, 2.05) is 0 Å². The van der Waals surface area contributed by atoms with Crippen LogP contribution < -0.4 is 5.43 Å². The van der Waals surface area contributed by atoms with E-state index in [4.69, 9.17) is 39.2 Å². The second-order valence-electron chi connectivity index (χ2n) is 5.01. The molecule has 0 saturated carbocycles. The highest BCUT2D eigenvalue weighted by atomic mass is 35.5. The van der Waals surface area contributed by atoms with Crippen LogP contribution in [0.25, 0.3) is 11.3 Å². The average Bonchev–Trinajstić information content (AvgIpc) is 3.06. The molecule has 0 radical (unpaired) electrons. The van der Waals surface area contributed by atoms with E-state index in [1.165, 1.54) is 6.21 Å². The molecule has 0 unspecified atom stereocenters. The van der Waals surface area contributed by atoms with Gasteiger partial charge in [0, 0.05) is 16.1 Å². The summed E-state index contributed by atoms with van der Waals surface area (Å²) in [6.07, 6.45) is 1.40. The first kappa shape index (κ1) is 17.5. The van der Waals surface area contributed by atoms with Crippen LogP contribution in [-0.4, -0.2) is 12.1 Å². The monoisotopic (exact) mass is 392 g/mol. The van der Waals surface area contributed by atoms with Gasteiger partial charge in [-0.25, -0.2) is 5.43 Å². The summed E-state index contributed by atoms with van der Waals surface area (Å²) in [4.78, 5) is 11.9. The molecule has 3 rings (SSSR count). The molecule has 0 aliphatic heterocycles. The molecule has 0 bridgehead atoms. The summed E-state index contributed by atoms with van der Waals surface area (Å²) >= 11 is 18.0. The van der Waals surface area contributed by atoms with Crippen molar-refractivity contribution in [3.63, 3.8) is 0 Å². The van der Waals surface area contributed by atoms with Crippen LogP contribution in [0, 0.1) is 0 Å². The number of furan rings is 1. The number of amides is 1. The molecule has 126 valence electrons. The molecule has 1 N–H and O–H groups in total. The summed E-state index contributed by atoms with van der Waals surface area (Å²) in [6, 6.07) is 15.2. The molecule has 0 aliphatic carbocycles. The van der Waals surface area contributed by atoms with Gasteiger partial charge >= 0.3 is 0 Å². The zero-order valence-corrected chi connectivity index (χ0v) is 14.9. The number of benzene rings is 2. The Labute approximate surface area is 159 Å². The molecule has 1 aromatic heterocycles. The molecule has 0 spiro atoms. The molecule has 3 aromatic rings. The summed E-state index contributed by atoms with van der Waals surface area (Å²) < 4.78 is 5.65. The number of rotatable bonds is 4. The Balaban J connectivity index is 1.69. The molecule has 4 nitrogen and oxygen atoms in total. The smallest absolute Gasteiger partial charge is 0.271 e. The number of carbonyl (C=O) groups is 1. The van der Waals surface area contributed by atoms with Crippen molar-refractivity contribution in [3.05, 3.63) is 81.0 Å². The van der Waals surface area contributed by atoms with E-state index in [1.54, 1.807) is 54.6 Å². The van der Waals surface area contributed by atoms with Crippen molar-refractivity contribution in [2.45, 2.75) is 0 Å². The van der Waals surface area contributed by atoms with E-state index in [0.29, 0.717) is 37.7 Å². The number of carbonyl (C=O) groups excluding carboxylic acids is 1. The summed E-state index contributed by atoms with van der Waals surface area (Å²) in [5.74, 6) is 0.665. The number of hydrazone groups is 1. The van der Waals surface area contributed by atoms with Gasteiger partial charge in [0.1, 0.15) is 11.5 Å². The van der Waals surface area contributed by atoms with E-state index in [-0.39, 0.29) is 5.91 Å². The highest BCUT2D eigenvalue weighted by molar-refractivity contribution is 6.43. The predicted molar refractivity (Wildman–Crippen MR) is 101 cm³/mol. The number of hydrogen-bond donors (Lipinski definition) is 1. The van der Waals surface area contributed by atoms with Crippen LogP contribution in [-0.2, 0) is 0 Å². The molecule has 0 atom stereocenters. The molecular weight excluding hydrogens is 383 g/mol. The van der Waals surface area contributed by atoms with Crippen LogP contribution in [0.15, 0.2) is 64.1 Å². The largest absolute Gasteiger partial charge is 0.455 e. The fourth-order valence-corrected chi connectivity index (χ4v) is 2.60. The highest BCUT2D eigenvalue weighted by Gasteiger charge is 2.10. The van der Waals surface area contributed by atoms with Crippen LogP contribution in [0.4, 0.5) is 0 Å². The van der Waals surface area contributed by atoms with Crippen LogP contribution in [0.5, 0.6) is 0 Å². The lowest BCUT2D eigenvalue weighted by atomic mass is 10.2. The van der Waals surface area contributed by atoms with E-state index in [0.717, 1.165) is 0 Å². The Kier molecular flexibility index (Phi) is 5.43. The molecule has 0 saturated heterocycles. The first-order valence-corrected chi connectivity index (χ1v) is 8.31. The first-order chi connectivity index (χ1) is 12.0. The van der Waals surface area contributed by atoms with Gasteiger partial charge < -0.3 is 4.42 Å². The second-order valence-corrected chi connectivity index (χ2v) is 6.23. The van der Waals surface area contributed by atoms with Gasteiger partial charge in [-0.15, -0.1) is 0 Å². The third-order valence-corrected chi connectivity index (χ3v) is 4.38. The summed E-state index contributed by atoms with van der Waals surface area (Å²) in [5, 5.41) is 5.30. The minimum Gasteiger partial charge on any atom is -0.455 e.